The van der Waals surface area contributed by atoms with Gasteiger partial charge in [0.15, 0.2) is 5.76 Å². The number of aryl methyl sites for hydroxylation is 1. The predicted molar refractivity (Wildman–Crippen MR) is 84.0 cm³/mol. The molecule has 3 rings (SSSR count). The van der Waals surface area contributed by atoms with Gasteiger partial charge in [0.2, 0.25) is 0 Å². The molecule has 0 N–H and O–H groups in total. The van der Waals surface area contributed by atoms with Gasteiger partial charge >= 0.3 is 0 Å². The Bertz CT molecular complexity index is 604. The van der Waals surface area contributed by atoms with E-state index in [9.17, 15) is 4.79 Å². The molecule has 1 unspecified atom stereocenters. The summed E-state index contributed by atoms with van der Waals surface area (Å²) in [5, 5.41) is 0. The van der Waals surface area contributed by atoms with Gasteiger partial charge in [0.05, 0.1) is 12.9 Å². The van der Waals surface area contributed by atoms with Crippen molar-refractivity contribution >= 4 is 5.91 Å². The van der Waals surface area contributed by atoms with Crippen LogP contribution in [0.1, 0.15) is 29.0 Å². The van der Waals surface area contributed by atoms with Crippen molar-refractivity contribution < 1.29 is 13.9 Å². The number of nitrogens with zero attached hydrogens (tertiary/aromatic N) is 1. The van der Waals surface area contributed by atoms with Crippen molar-refractivity contribution in [1.29, 1.82) is 0 Å². The zero-order chi connectivity index (χ0) is 15.4. The number of rotatable bonds is 5. The SMILES string of the molecule is Cc1ccc(OCCC2CCN(C(=O)c3ccco3)C2)cc1. The summed E-state index contributed by atoms with van der Waals surface area (Å²) >= 11 is 0. The van der Waals surface area contributed by atoms with E-state index in [-0.39, 0.29) is 5.91 Å². The molecular formula is C18H21NO3. The largest absolute Gasteiger partial charge is 0.494 e. The van der Waals surface area contributed by atoms with Crippen LogP contribution in [0.15, 0.2) is 47.1 Å². The van der Waals surface area contributed by atoms with Gasteiger partial charge in [0.25, 0.3) is 5.91 Å². The first kappa shape index (κ1) is 14.7. The number of amides is 1. The van der Waals surface area contributed by atoms with Crippen LogP contribution < -0.4 is 4.74 Å². The van der Waals surface area contributed by atoms with E-state index < -0.39 is 0 Å². The fourth-order valence-corrected chi connectivity index (χ4v) is 2.79. The monoisotopic (exact) mass is 299 g/mol. The lowest BCUT2D eigenvalue weighted by atomic mass is 10.1. The number of carbonyl (C=O) groups excluding carboxylic acids is 1. The summed E-state index contributed by atoms with van der Waals surface area (Å²) in [6, 6.07) is 11.6. The molecule has 4 heteroatoms. The molecule has 1 aliphatic rings. The topological polar surface area (TPSA) is 42.7 Å². The molecule has 0 saturated carbocycles. The maximum Gasteiger partial charge on any atom is 0.289 e. The normalized spacial score (nSPS) is 17.7. The molecule has 1 aliphatic heterocycles. The van der Waals surface area contributed by atoms with Gasteiger partial charge in [0.1, 0.15) is 5.75 Å². The van der Waals surface area contributed by atoms with E-state index in [4.69, 9.17) is 9.15 Å². The lowest BCUT2D eigenvalue weighted by molar-refractivity contribution is 0.0753. The Morgan fingerprint density at radius 3 is 2.86 bits per heavy atom. The van der Waals surface area contributed by atoms with Crippen molar-refractivity contribution in [3.8, 4) is 5.75 Å². The number of hydrogen-bond donors (Lipinski definition) is 0. The van der Waals surface area contributed by atoms with Gasteiger partial charge in [-0.25, -0.2) is 0 Å². The molecule has 0 bridgehead atoms. The number of carbonyl (C=O) groups is 1. The van der Waals surface area contributed by atoms with Crippen molar-refractivity contribution in [1.82, 2.24) is 4.90 Å². The van der Waals surface area contributed by atoms with Crippen molar-refractivity contribution in [3.05, 3.63) is 54.0 Å². The van der Waals surface area contributed by atoms with E-state index in [1.54, 1.807) is 12.1 Å². The van der Waals surface area contributed by atoms with E-state index in [0.717, 1.165) is 31.7 Å². The lowest BCUT2D eigenvalue weighted by Gasteiger charge is -2.15. The second kappa shape index (κ2) is 6.69. The second-order valence-corrected chi connectivity index (χ2v) is 5.83. The van der Waals surface area contributed by atoms with Gasteiger partial charge in [-0.3, -0.25) is 4.79 Å². The Labute approximate surface area is 130 Å². The number of benzene rings is 1. The van der Waals surface area contributed by atoms with Crippen LogP contribution in [0, 0.1) is 12.8 Å². The first-order chi connectivity index (χ1) is 10.7. The first-order valence-electron chi connectivity index (χ1n) is 7.74. The lowest BCUT2D eigenvalue weighted by Crippen LogP contribution is -2.28. The Balaban J connectivity index is 1.43. The van der Waals surface area contributed by atoms with Crippen molar-refractivity contribution in [3.63, 3.8) is 0 Å². The third-order valence-electron chi connectivity index (χ3n) is 4.12. The molecule has 2 heterocycles. The third kappa shape index (κ3) is 3.50. The Morgan fingerprint density at radius 1 is 1.32 bits per heavy atom. The molecule has 22 heavy (non-hydrogen) atoms. The van der Waals surface area contributed by atoms with Crippen LogP contribution in [0.4, 0.5) is 0 Å². The average Bonchev–Trinajstić information content (AvgIpc) is 3.20. The molecular weight excluding hydrogens is 278 g/mol. The quantitative estimate of drug-likeness (QED) is 0.848. The minimum Gasteiger partial charge on any atom is -0.494 e. The summed E-state index contributed by atoms with van der Waals surface area (Å²) in [5.41, 5.74) is 1.23. The molecule has 4 nitrogen and oxygen atoms in total. The van der Waals surface area contributed by atoms with E-state index in [2.05, 4.69) is 19.1 Å². The smallest absolute Gasteiger partial charge is 0.289 e. The minimum atomic E-state index is -0.00745. The molecule has 1 amide bonds. The number of likely N-dealkylation sites (tertiary alicyclic amines) is 1. The van der Waals surface area contributed by atoms with Crippen LogP contribution in [0.5, 0.6) is 5.75 Å². The second-order valence-electron chi connectivity index (χ2n) is 5.83. The molecule has 1 fully saturated rings. The van der Waals surface area contributed by atoms with Crippen LogP contribution in [-0.2, 0) is 0 Å². The fourth-order valence-electron chi connectivity index (χ4n) is 2.79. The average molecular weight is 299 g/mol. The molecule has 1 aromatic heterocycles. The molecule has 2 aromatic rings. The van der Waals surface area contributed by atoms with Gasteiger partial charge in [-0.15, -0.1) is 0 Å². The van der Waals surface area contributed by atoms with Crippen molar-refractivity contribution in [2.75, 3.05) is 19.7 Å². The van der Waals surface area contributed by atoms with Crippen LogP contribution >= 0.6 is 0 Å². The summed E-state index contributed by atoms with van der Waals surface area (Å²) in [6.07, 6.45) is 3.54. The van der Waals surface area contributed by atoms with Gasteiger partial charge < -0.3 is 14.1 Å². The van der Waals surface area contributed by atoms with Gasteiger partial charge in [-0.1, -0.05) is 17.7 Å². The number of ether oxygens (including phenoxy) is 1. The molecule has 0 radical (unpaired) electrons. The molecule has 1 aromatic carbocycles. The highest BCUT2D eigenvalue weighted by Crippen LogP contribution is 2.22. The standard InChI is InChI=1S/C18H21NO3/c1-14-4-6-16(7-5-14)21-12-9-15-8-10-19(13-15)18(20)17-3-2-11-22-17/h2-7,11,15H,8-10,12-13H2,1H3. The highest BCUT2D eigenvalue weighted by Gasteiger charge is 2.27. The third-order valence-corrected chi connectivity index (χ3v) is 4.12. The maximum atomic E-state index is 12.2. The summed E-state index contributed by atoms with van der Waals surface area (Å²) in [6.45, 7) is 4.34. The zero-order valence-corrected chi connectivity index (χ0v) is 12.8. The number of furan rings is 1. The maximum absolute atomic E-state index is 12.2. The number of hydrogen-bond acceptors (Lipinski definition) is 3. The summed E-state index contributed by atoms with van der Waals surface area (Å²) in [5.74, 6) is 1.83. The van der Waals surface area contributed by atoms with E-state index in [1.165, 1.54) is 11.8 Å². The van der Waals surface area contributed by atoms with Crippen LogP contribution in [0.25, 0.3) is 0 Å². The highest BCUT2D eigenvalue weighted by atomic mass is 16.5. The molecule has 0 aliphatic carbocycles. The van der Waals surface area contributed by atoms with Gasteiger partial charge in [0, 0.05) is 13.1 Å². The van der Waals surface area contributed by atoms with Crippen LogP contribution in [0.2, 0.25) is 0 Å². The summed E-state index contributed by atoms with van der Waals surface area (Å²) in [7, 11) is 0. The van der Waals surface area contributed by atoms with E-state index >= 15 is 0 Å². The summed E-state index contributed by atoms with van der Waals surface area (Å²) < 4.78 is 10.9. The Hall–Kier alpha value is -2.23. The fraction of sp³-hybridized carbons (Fsp3) is 0.389. The minimum absolute atomic E-state index is 0.00745. The molecule has 116 valence electrons. The van der Waals surface area contributed by atoms with Crippen LogP contribution in [0.3, 0.4) is 0 Å². The zero-order valence-electron chi connectivity index (χ0n) is 12.8. The van der Waals surface area contributed by atoms with Gasteiger partial charge in [-0.05, 0) is 49.9 Å². The molecule has 1 saturated heterocycles. The van der Waals surface area contributed by atoms with E-state index in [0.29, 0.717) is 18.3 Å². The first-order valence-corrected chi connectivity index (χ1v) is 7.74. The van der Waals surface area contributed by atoms with Crippen molar-refractivity contribution in [2.24, 2.45) is 5.92 Å². The van der Waals surface area contributed by atoms with E-state index in [1.807, 2.05) is 17.0 Å². The molecule has 1 atom stereocenters. The van der Waals surface area contributed by atoms with Crippen LogP contribution in [-0.4, -0.2) is 30.5 Å². The highest BCUT2D eigenvalue weighted by molar-refractivity contribution is 5.91. The predicted octanol–water partition coefficient (Wildman–Crippen LogP) is 3.52. The Kier molecular flexibility index (Phi) is 4.47. The van der Waals surface area contributed by atoms with Gasteiger partial charge in [-0.2, -0.15) is 0 Å². The van der Waals surface area contributed by atoms with Crippen molar-refractivity contribution in [2.45, 2.75) is 19.8 Å². The molecule has 0 spiro atoms. The Morgan fingerprint density at radius 2 is 2.14 bits per heavy atom. The summed E-state index contributed by atoms with van der Waals surface area (Å²) in [4.78, 5) is 14.1.